The van der Waals surface area contributed by atoms with E-state index in [-0.39, 0.29) is 25.1 Å². The van der Waals surface area contributed by atoms with Crippen molar-refractivity contribution >= 4 is 55.1 Å². The predicted molar refractivity (Wildman–Crippen MR) is 136 cm³/mol. The summed E-state index contributed by atoms with van der Waals surface area (Å²) in [4.78, 5) is 8.31. The summed E-state index contributed by atoms with van der Waals surface area (Å²) in [7, 11) is -4.11. The molecule has 6 aromatic rings. The van der Waals surface area contributed by atoms with E-state index in [1.54, 1.807) is 6.07 Å². The molecule has 1 aliphatic carbocycles. The third kappa shape index (κ3) is 4.25. The molecule has 1 radical (unpaired) electrons. The van der Waals surface area contributed by atoms with Crippen LogP contribution in [0.2, 0.25) is 0 Å². The number of fused-ring (bicyclic) bond motifs is 3. The molecule has 0 saturated carbocycles. The number of hydrogen-bond donors (Lipinski definition) is 1. The maximum atomic E-state index is 10.3. The van der Waals surface area contributed by atoms with Gasteiger partial charge in [-0.15, -0.1) is 18.2 Å². The minimum absolute atomic E-state index is 0. The molecule has 0 unspecified atom stereocenters. The molecule has 0 fully saturated rings. The third-order valence-corrected chi connectivity index (χ3v) is 6.61. The van der Waals surface area contributed by atoms with E-state index in [9.17, 15) is 8.42 Å². The SMILES string of the molecule is O=S(=O)(O)c1ccccn1.[Ir].[c-]1ccc2c(oc3ccccc32)c1-c1cc2c3c(cccc3n1)C=C2. The molecule has 0 amide bonds. The van der Waals surface area contributed by atoms with Crippen LogP contribution in [0.5, 0.6) is 0 Å². The van der Waals surface area contributed by atoms with Crippen molar-refractivity contribution in [1.29, 1.82) is 0 Å². The van der Waals surface area contributed by atoms with E-state index in [2.05, 4.69) is 59.6 Å². The Bertz CT molecular complexity index is 1880. The Morgan fingerprint density at radius 1 is 0.861 bits per heavy atom. The van der Waals surface area contributed by atoms with E-state index >= 15 is 0 Å². The number of hydrogen-bond acceptors (Lipinski definition) is 5. The number of nitrogens with zero attached hydrogens (tertiary/aromatic N) is 2. The van der Waals surface area contributed by atoms with Crippen LogP contribution in [0.4, 0.5) is 0 Å². The van der Waals surface area contributed by atoms with Gasteiger partial charge in [0, 0.05) is 37.1 Å². The standard InChI is InChI=1S/C23H12NO.C5H5NO3S.Ir/c1-2-10-21-16(6-1)17-7-4-8-18(23(17)25-21)20-13-15-12-11-14-5-3-9-19(24-20)22(14)15;7-10(8,9)5-3-1-2-4-6-5;/h1-7,9-13H;1-4H,(H,7,8,9);/q-1;;. The molecule has 3 aromatic heterocycles. The maximum Gasteiger partial charge on any atom is 0.312 e. The zero-order valence-corrected chi connectivity index (χ0v) is 21.8. The first-order valence-electron chi connectivity index (χ1n) is 10.8. The Kier molecular flexibility index (Phi) is 6.28. The van der Waals surface area contributed by atoms with Crippen LogP contribution >= 0.6 is 0 Å². The average molecular weight is 670 g/mol. The maximum absolute atomic E-state index is 10.3. The van der Waals surface area contributed by atoms with Gasteiger partial charge >= 0.3 is 10.1 Å². The topological polar surface area (TPSA) is 93.3 Å². The smallest absolute Gasteiger partial charge is 0.312 e. The summed E-state index contributed by atoms with van der Waals surface area (Å²) in [6.07, 6.45) is 5.60. The number of aromatic nitrogens is 2. The number of para-hydroxylation sites is 1. The summed E-state index contributed by atoms with van der Waals surface area (Å²) < 4.78 is 35.2. The van der Waals surface area contributed by atoms with Crippen LogP contribution in [0.25, 0.3) is 56.3 Å². The average Bonchev–Trinajstić information content (AvgIpc) is 3.47. The number of pyridine rings is 2. The molecular formula is C28H17IrN2O4S-. The van der Waals surface area contributed by atoms with Gasteiger partial charge in [-0.05, 0) is 41.1 Å². The molecule has 7 rings (SSSR count). The van der Waals surface area contributed by atoms with E-state index in [0.29, 0.717) is 0 Å². The Morgan fingerprint density at radius 3 is 2.44 bits per heavy atom. The van der Waals surface area contributed by atoms with Crippen LogP contribution in [0.1, 0.15) is 11.1 Å². The Balaban J connectivity index is 0.000000207. The number of rotatable bonds is 2. The number of furan rings is 1. The van der Waals surface area contributed by atoms with E-state index in [4.69, 9.17) is 14.0 Å². The molecule has 6 nitrogen and oxygen atoms in total. The van der Waals surface area contributed by atoms with Gasteiger partial charge < -0.3 is 4.42 Å². The van der Waals surface area contributed by atoms with Gasteiger partial charge in [0.05, 0.1) is 11.1 Å². The molecule has 0 saturated heterocycles. The second kappa shape index (κ2) is 9.41. The first-order valence-corrected chi connectivity index (χ1v) is 12.3. The summed E-state index contributed by atoms with van der Waals surface area (Å²) in [5, 5.41) is 3.13. The molecule has 1 aliphatic rings. The zero-order chi connectivity index (χ0) is 24.0. The summed E-state index contributed by atoms with van der Waals surface area (Å²) in [5.41, 5.74) is 7.01. The monoisotopic (exact) mass is 670 g/mol. The minimum atomic E-state index is -4.11. The van der Waals surface area contributed by atoms with Gasteiger partial charge in [-0.25, -0.2) is 4.98 Å². The molecule has 0 aliphatic heterocycles. The summed E-state index contributed by atoms with van der Waals surface area (Å²) in [6.45, 7) is 0. The van der Waals surface area contributed by atoms with Crippen molar-refractivity contribution in [2.45, 2.75) is 5.03 Å². The largest absolute Gasteiger partial charge is 0.501 e. The zero-order valence-electron chi connectivity index (χ0n) is 18.5. The van der Waals surface area contributed by atoms with Crippen LogP contribution in [-0.4, -0.2) is 22.9 Å². The van der Waals surface area contributed by atoms with Crippen molar-refractivity contribution in [1.82, 2.24) is 9.97 Å². The van der Waals surface area contributed by atoms with Crippen LogP contribution < -0.4 is 0 Å². The van der Waals surface area contributed by atoms with Crippen molar-refractivity contribution in [3.63, 3.8) is 0 Å². The quantitative estimate of drug-likeness (QED) is 0.169. The van der Waals surface area contributed by atoms with E-state index < -0.39 is 10.1 Å². The molecule has 179 valence electrons. The van der Waals surface area contributed by atoms with Crippen molar-refractivity contribution in [3.8, 4) is 11.3 Å². The van der Waals surface area contributed by atoms with E-state index in [1.807, 2.05) is 24.3 Å². The van der Waals surface area contributed by atoms with Crippen molar-refractivity contribution < 1.29 is 37.5 Å². The summed E-state index contributed by atoms with van der Waals surface area (Å²) in [5.74, 6) is 0. The molecule has 0 bridgehead atoms. The third-order valence-electron chi connectivity index (χ3n) is 5.84. The molecule has 1 N–H and O–H groups in total. The van der Waals surface area contributed by atoms with Gasteiger partial charge in [0.15, 0.2) is 5.03 Å². The van der Waals surface area contributed by atoms with Gasteiger partial charge in [-0.1, -0.05) is 65.6 Å². The first-order chi connectivity index (χ1) is 17.0. The Labute approximate surface area is 220 Å². The molecule has 3 heterocycles. The van der Waals surface area contributed by atoms with Crippen molar-refractivity contribution in [2.75, 3.05) is 0 Å². The summed E-state index contributed by atoms with van der Waals surface area (Å²) in [6, 6.07) is 28.1. The van der Waals surface area contributed by atoms with Crippen LogP contribution in [0.15, 0.2) is 94.5 Å². The van der Waals surface area contributed by atoms with Gasteiger partial charge in [0.1, 0.15) is 5.58 Å². The fourth-order valence-corrected chi connectivity index (χ4v) is 4.75. The Hall–Kier alpha value is -3.68. The second-order valence-electron chi connectivity index (χ2n) is 8.01. The molecule has 0 atom stereocenters. The van der Waals surface area contributed by atoms with Crippen LogP contribution in [0, 0.1) is 6.07 Å². The Morgan fingerprint density at radius 2 is 1.67 bits per heavy atom. The van der Waals surface area contributed by atoms with Crippen LogP contribution in [-0.2, 0) is 30.2 Å². The van der Waals surface area contributed by atoms with Crippen LogP contribution in [0.3, 0.4) is 0 Å². The van der Waals surface area contributed by atoms with E-state index in [0.717, 1.165) is 38.7 Å². The first kappa shape index (κ1) is 24.0. The minimum Gasteiger partial charge on any atom is -0.501 e. The fourth-order valence-electron chi connectivity index (χ4n) is 4.31. The molecule has 0 spiro atoms. The normalized spacial score (nSPS) is 11.9. The fraction of sp³-hybridized carbons (Fsp3) is 0. The molecular weight excluding hydrogens is 653 g/mol. The van der Waals surface area contributed by atoms with Gasteiger partial charge in [-0.3, -0.25) is 9.54 Å². The predicted octanol–water partition coefficient (Wildman–Crippen LogP) is 6.41. The summed E-state index contributed by atoms with van der Waals surface area (Å²) >= 11 is 0. The molecule has 3 aromatic carbocycles. The van der Waals surface area contributed by atoms with Gasteiger partial charge in [-0.2, -0.15) is 8.42 Å². The van der Waals surface area contributed by atoms with E-state index in [1.165, 1.54) is 34.8 Å². The van der Waals surface area contributed by atoms with Crippen molar-refractivity contribution in [2.24, 2.45) is 0 Å². The van der Waals surface area contributed by atoms with Crippen molar-refractivity contribution in [3.05, 3.63) is 102 Å². The second-order valence-corrected chi connectivity index (χ2v) is 9.38. The van der Waals surface area contributed by atoms with Gasteiger partial charge in [0.2, 0.25) is 0 Å². The molecule has 36 heavy (non-hydrogen) atoms. The number of benzene rings is 3. The van der Waals surface area contributed by atoms with Gasteiger partial charge in [0.25, 0.3) is 0 Å². The molecule has 8 heteroatoms.